The van der Waals surface area contributed by atoms with Crippen LogP contribution in [0.25, 0.3) is 21.8 Å². The van der Waals surface area contributed by atoms with E-state index in [0.717, 1.165) is 0 Å². The van der Waals surface area contributed by atoms with Gasteiger partial charge >= 0.3 is 5.97 Å². The van der Waals surface area contributed by atoms with E-state index in [4.69, 9.17) is 11.7 Å². The molecule has 10 nitrogen and oxygen atoms in total. The molecule has 3 rings (SSSR count). The summed E-state index contributed by atoms with van der Waals surface area (Å²) in [5.74, 6) is -2.32. The molecule has 0 bridgehead atoms. The normalized spacial score (nSPS) is 11.0. The molecule has 0 amide bonds. The number of hydrogen-bond donors (Lipinski definition) is 3. The number of anilines is 1. The number of carbonyl (C=O) groups is 1. The summed E-state index contributed by atoms with van der Waals surface area (Å²) in [6.07, 6.45) is 1.18. The molecule has 0 fully saturated rings. The maximum atomic E-state index is 12.8. The maximum Gasteiger partial charge on any atom is 0.320 e. The first-order chi connectivity index (χ1) is 13.7. The van der Waals surface area contributed by atoms with Gasteiger partial charge in [0.05, 0.1) is 24.0 Å². The minimum atomic E-state index is -4.05. The van der Waals surface area contributed by atoms with E-state index >= 15 is 0 Å². The summed E-state index contributed by atoms with van der Waals surface area (Å²) in [4.78, 5) is 30.8. The number of aryl methyl sites for hydroxylation is 1. The van der Waals surface area contributed by atoms with Crippen molar-refractivity contribution in [2.45, 2.75) is 6.92 Å². The molecule has 0 aliphatic rings. The largest absolute Gasteiger partial charge is 0.480 e. The molecule has 2 aromatic heterocycles. The number of carboxylic acid groups (broad SMARTS) is 1. The van der Waals surface area contributed by atoms with Crippen molar-refractivity contribution in [2.75, 3.05) is 10.5 Å². The molecule has 0 radical (unpaired) electrons. The van der Waals surface area contributed by atoms with Crippen LogP contribution >= 0.6 is 0 Å². The average molecular weight is 413 g/mol. The number of nitrogens with zero attached hydrogens (tertiary/aromatic N) is 3. The Kier molecular flexibility index (Phi) is 5.20. The highest BCUT2D eigenvalue weighted by atomic mass is 32.2. The quantitative estimate of drug-likeness (QED) is 0.528. The molecule has 0 atom stereocenters. The summed E-state index contributed by atoms with van der Waals surface area (Å²) in [6, 6.07) is 9.39. The fraction of sp³-hybridized carbons (Fsp3) is 0.111. The molecular formula is C18H15N5O5S. The number of aromatic nitrogens is 3. The first-order valence-corrected chi connectivity index (χ1v) is 9.83. The minimum absolute atomic E-state index is 0.0706. The summed E-state index contributed by atoms with van der Waals surface area (Å²) in [5.41, 5.74) is 1.84. The summed E-state index contributed by atoms with van der Waals surface area (Å²) < 4.78 is 26.7. The van der Waals surface area contributed by atoms with E-state index in [-0.39, 0.29) is 17.1 Å². The third kappa shape index (κ3) is 4.33. The van der Waals surface area contributed by atoms with Crippen LogP contribution in [0.4, 0.5) is 11.4 Å². The van der Waals surface area contributed by atoms with E-state index in [9.17, 15) is 18.0 Å². The van der Waals surface area contributed by atoms with Gasteiger partial charge in [-0.1, -0.05) is 24.3 Å². The van der Waals surface area contributed by atoms with E-state index < -0.39 is 21.7 Å². The smallest absolute Gasteiger partial charge is 0.320 e. The second-order valence-electron chi connectivity index (χ2n) is 6.07. The molecule has 3 N–H and O–H groups in total. The Balaban J connectivity index is 1.91. The van der Waals surface area contributed by atoms with Crippen LogP contribution in [0.2, 0.25) is 0 Å². The van der Waals surface area contributed by atoms with Crippen LogP contribution in [-0.2, 0) is 14.8 Å². The lowest BCUT2D eigenvalue weighted by atomic mass is 10.1. The molecule has 148 valence electrons. The summed E-state index contributed by atoms with van der Waals surface area (Å²) in [7, 11) is -4.05. The number of sulfonamides is 1. The SMILES string of the molecule is [C-]#[N+]c1ccc(-c2c(C)[nH]n(-c3ccc(NS(=O)(=O)CC(=O)O)cn3)c2=O)cc1. The van der Waals surface area contributed by atoms with Crippen molar-refractivity contribution >= 4 is 27.4 Å². The zero-order valence-corrected chi connectivity index (χ0v) is 15.9. The van der Waals surface area contributed by atoms with Gasteiger partial charge in [0.2, 0.25) is 10.0 Å². The minimum Gasteiger partial charge on any atom is -0.480 e. The molecule has 0 unspecified atom stereocenters. The van der Waals surface area contributed by atoms with Crippen LogP contribution in [0, 0.1) is 13.5 Å². The monoisotopic (exact) mass is 413 g/mol. The van der Waals surface area contributed by atoms with Crippen molar-refractivity contribution in [3.8, 4) is 16.9 Å². The lowest BCUT2D eigenvalue weighted by molar-refractivity contribution is -0.134. The van der Waals surface area contributed by atoms with Gasteiger partial charge in [0, 0.05) is 5.69 Å². The van der Waals surface area contributed by atoms with Gasteiger partial charge in [-0.25, -0.2) is 22.9 Å². The predicted octanol–water partition coefficient (Wildman–Crippen LogP) is 1.91. The Hall–Kier alpha value is -3.91. The standard InChI is InChI=1S/C18H15N5O5S/c1-11-17(12-3-5-13(19-2)6-4-12)18(26)23(21-11)15-8-7-14(9-20-15)22-29(27,28)10-16(24)25/h3-9,21-22H,10H2,1H3,(H,24,25). The van der Waals surface area contributed by atoms with E-state index in [2.05, 4.69) is 19.6 Å². The molecule has 0 saturated heterocycles. The molecule has 1 aromatic carbocycles. The predicted molar refractivity (Wildman–Crippen MR) is 106 cm³/mol. The summed E-state index contributed by atoms with van der Waals surface area (Å²) >= 11 is 0. The first kappa shape index (κ1) is 19.8. The van der Waals surface area contributed by atoms with Crippen LogP contribution in [0.15, 0.2) is 47.4 Å². The highest BCUT2D eigenvalue weighted by molar-refractivity contribution is 7.93. The molecule has 2 heterocycles. The van der Waals surface area contributed by atoms with Crippen LogP contribution in [-0.4, -0.2) is 40.0 Å². The Morgan fingerprint density at radius 1 is 1.28 bits per heavy atom. The van der Waals surface area contributed by atoms with E-state index in [1.807, 2.05) is 0 Å². The second kappa shape index (κ2) is 7.61. The lowest BCUT2D eigenvalue weighted by Crippen LogP contribution is -2.22. The average Bonchev–Trinajstić information content (AvgIpc) is 2.95. The van der Waals surface area contributed by atoms with Gasteiger partial charge in [-0.15, -0.1) is 0 Å². The molecule has 0 aliphatic heterocycles. The molecular weight excluding hydrogens is 398 g/mol. The van der Waals surface area contributed by atoms with Gasteiger partial charge in [-0.3, -0.25) is 19.4 Å². The molecule has 0 aliphatic carbocycles. The lowest BCUT2D eigenvalue weighted by Gasteiger charge is -2.06. The van der Waals surface area contributed by atoms with Crippen molar-refractivity contribution in [2.24, 2.45) is 0 Å². The van der Waals surface area contributed by atoms with Crippen molar-refractivity contribution in [3.05, 3.63) is 70.1 Å². The van der Waals surface area contributed by atoms with Gasteiger partial charge in [0.15, 0.2) is 17.3 Å². The molecule has 29 heavy (non-hydrogen) atoms. The van der Waals surface area contributed by atoms with Crippen molar-refractivity contribution in [1.82, 2.24) is 14.8 Å². The highest BCUT2D eigenvalue weighted by Gasteiger charge is 2.17. The molecule has 11 heteroatoms. The topological polar surface area (TPSA) is 139 Å². The van der Waals surface area contributed by atoms with Crippen LogP contribution < -0.4 is 10.3 Å². The second-order valence-corrected chi connectivity index (χ2v) is 7.79. The fourth-order valence-corrected chi connectivity index (χ4v) is 3.58. The van der Waals surface area contributed by atoms with Crippen LogP contribution in [0.1, 0.15) is 5.69 Å². The fourth-order valence-electron chi connectivity index (χ4n) is 2.71. The number of rotatable bonds is 6. The molecule has 0 saturated carbocycles. The van der Waals surface area contributed by atoms with Crippen molar-refractivity contribution < 1.29 is 18.3 Å². The van der Waals surface area contributed by atoms with E-state index in [1.165, 1.54) is 23.0 Å². The van der Waals surface area contributed by atoms with E-state index in [0.29, 0.717) is 22.5 Å². The van der Waals surface area contributed by atoms with E-state index in [1.54, 1.807) is 31.2 Å². The Labute approximate surface area is 165 Å². The number of hydrogen-bond acceptors (Lipinski definition) is 5. The van der Waals surface area contributed by atoms with Gasteiger partial charge in [-0.05, 0) is 24.6 Å². The number of pyridine rings is 1. The van der Waals surface area contributed by atoms with Gasteiger partial charge < -0.3 is 5.11 Å². The zero-order valence-electron chi connectivity index (χ0n) is 15.1. The highest BCUT2D eigenvalue weighted by Crippen LogP contribution is 2.23. The van der Waals surface area contributed by atoms with Gasteiger partial charge in [-0.2, -0.15) is 0 Å². The Morgan fingerprint density at radius 2 is 1.97 bits per heavy atom. The van der Waals surface area contributed by atoms with Crippen LogP contribution in [0.3, 0.4) is 0 Å². The number of aliphatic carboxylic acids is 1. The number of benzene rings is 1. The van der Waals surface area contributed by atoms with Crippen LogP contribution in [0.5, 0.6) is 0 Å². The molecule has 0 spiro atoms. The Bertz CT molecular complexity index is 1270. The zero-order chi connectivity index (χ0) is 21.2. The first-order valence-electron chi connectivity index (χ1n) is 8.18. The number of aromatic amines is 1. The van der Waals surface area contributed by atoms with Gasteiger partial charge in [0.25, 0.3) is 5.56 Å². The molecule has 3 aromatic rings. The number of H-pyrrole nitrogens is 1. The third-order valence-electron chi connectivity index (χ3n) is 3.92. The third-order valence-corrected chi connectivity index (χ3v) is 5.09. The Morgan fingerprint density at radius 3 is 2.52 bits per heavy atom. The maximum absolute atomic E-state index is 12.8. The summed E-state index contributed by atoms with van der Waals surface area (Å²) in [5, 5.41) is 11.5. The van der Waals surface area contributed by atoms with Gasteiger partial charge in [0.1, 0.15) is 0 Å². The number of carboxylic acids is 1. The van der Waals surface area contributed by atoms with Crippen molar-refractivity contribution in [3.63, 3.8) is 0 Å². The number of nitrogens with one attached hydrogen (secondary N) is 2. The van der Waals surface area contributed by atoms with Crippen molar-refractivity contribution in [1.29, 1.82) is 0 Å². The summed E-state index contributed by atoms with van der Waals surface area (Å²) in [6.45, 7) is 8.72.